The molecule has 1 heteroatoms. The van der Waals surface area contributed by atoms with E-state index in [0.29, 0.717) is 16.2 Å². The standard InChI is InChI=1S/C16H24.C10H12.C9H10O.2C5H12.5C2H6/c1-16(2,3)15-11-9-14(10-12-15)13-7-5-4-6-8-13;1-2-6-10-8-4-3-7-9(10)5-1;1-2-6-9-8(4-1)5-3-7-10-9;2*1-5(2,3)4;5*1-2/h4-8,14-15H,9-12H2,1-3H3;1-2,5-6H,3-4,7-8H2;1-2,4,6H,3,5,7H2;2*1-4H3;5*1-2H3. The van der Waals surface area contributed by atoms with E-state index in [2.05, 4.69) is 143 Å². The normalized spacial score (nSPS) is 16.0. The van der Waals surface area contributed by atoms with Crippen LogP contribution >= 0.6 is 0 Å². The predicted molar refractivity (Wildman–Crippen MR) is 261 cm³/mol. The Labute approximate surface area is 354 Å². The minimum Gasteiger partial charge on any atom is -0.493 e. The lowest BCUT2D eigenvalue weighted by atomic mass is 9.69. The molecule has 1 fully saturated rings. The molecule has 326 valence electrons. The minimum absolute atomic E-state index is 0.500. The van der Waals surface area contributed by atoms with Crippen LogP contribution in [0.5, 0.6) is 5.75 Å². The minimum atomic E-state index is 0.500. The third-order valence-corrected chi connectivity index (χ3v) is 8.30. The Morgan fingerprint density at radius 1 is 0.411 bits per heavy atom. The summed E-state index contributed by atoms with van der Waals surface area (Å²) in [5.74, 6) is 2.82. The summed E-state index contributed by atoms with van der Waals surface area (Å²) in [5, 5.41) is 0. The Kier molecular flexibility index (Phi) is 39.5. The van der Waals surface area contributed by atoms with Gasteiger partial charge in [0.2, 0.25) is 0 Å². The van der Waals surface area contributed by atoms with E-state index < -0.39 is 0 Å². The van der Waals surface area contributed by atoms with Crippen LogP contribution in [0, 0.1) is 22.2 Å². The van der Waals surface area contributed by atoms with Gasteiger partial charge in [-0.3, -0.25) is 0 Å². The van der Waals surface area contributed by atoms with E-state index >= 15 is 0 Å². The van der Waals surface area contributed by atoms with Gasteiger partial charge in [0.25, 0.3) is 0 Å². The fourth-order valence-electron chi connectivity index (χ4n) is 5.99. The summed E-state index contributed by atoms with van der Waals surface area (Å²) in [6, 6.07) is 28.1. The maximum absolute atomic E-state index is 5.42. The quantitative estimate of drug-likeness (QED) is 0.239. The third-order valence-electron chi connectivity index (χ3n) is 8.30. The fraction of sp³-hybridized carbons (Fsp3) is 0.673. The zero-order chi connectivity index (χ0) is 44.2. The Hall–Kier alpha value is -2.54. The van der Waals surface area contributed by atoms with Crippen molar-refractivity contribution in [1.82, 2.24) is 0 Å². The van der Waals surface area contributed by atoms with Crippen LogP contribution in [0.3, 0.4) is 0 Å². The molecule has 1 nitrogen and oxygen atoms in total. The van der Waals surface area contributed by atoms with Gasteiger partial charge in [-0.15, -0.1) is 0 Å². The number of ether oxygens (including phenoxy) is 1. The van der Waals surface area contributed by atoms with Crippen molar-refractivity contribution in [2.45, 2.75) is 216 Å². The van der Waals surface area contributed by atoms with Crippen molar-refractivity contribution in [2.24, 2.45) is 22.2 Å². The summed E-state index contributed by atoms with van der Waals surface area (Å²) >= 11 is 0. The smallest absolute Gasteiger partial charge is 0.122 e. The maximum atomic E-state index is 5.42. The van der Waals surface area contributed by atoms with Gasteiger partial charge in [-0.05, 0) is 121 Å². The molecule has 0 N–H and O–H groups in total. The van der Waals surface area contributed by atoms with Crippen LogP contribution in [0.1, 0.15) is 219 Å². The maximum Gasteiger partial charge on any atom is 0.122 e. The molecule has 6 rings (SSSR count). The first kappa shape index (κ1) is 60.1. The van der Waals surface area contributed by atoms with E-state index in [1.54, 1.807) is 16.7 Å². The van der Waals surface area contributed by atoms with Crippen molar-refractivity contribution >= 4 is 0 Å². The molecule has 0 saturated heterocycles. The number of para-hydroxylation sites is 1. The third kappa shape index (κ3) is 34.7. The second-order valence-electron chi connectivity index (χ2n) is 17.9. The van der Waals surface area contributed by atoms with Gasteiger partial charge in [0.05, 0.1) is 6.61 Å². The summed E-state index contributed by atoms with van der Waals surface area (Å²) in [7, 11) is 0. The van der Waals surface area contributed by atoms with Crippen molar-refractivity contribution in [1.29, 1.82) is 0 Å². The highest BCUT2D eigenvalue weighted by Gasteiger charge is 2.30. The lowest BCUT2D eigenvalue weighted by Gasteiger charge is -2.37. The molecule has 3 aromatic carbocycles. The number of aryl methyl sites for hydroxylation is 3. The van der Waals surface area contributed by atoms with Gasteiger partial charge in [0, 0.05) is 0 Å². The molecule has 2 aliphatic carbocycles. The summed E-state index contributed by atoms with van der Waals surface area (Å²) < 4.78 is 5.42. The zero-order valence-corrected chi connectivity index (χ0v) is 41.8. The molecule has 0 amide bonds. The zero-order valence-electron chi connectivity index (χ0n) is 41.8. The van der Waals surface area contributed by atoms with Gasteiger partial charge in [-0.1, -0.05) is 218 Å². The molecule has 0 unspecified atom stereocenters. The average molecular weight is 777 g/mol. The lowest BCUT2D eigenvalue weighted by molar-refractivity contribution is 0.169. The van der Waals surface area contributed by atoms with Gasteiger partial charge in [0.1, 0.15) is 5.75 Å². The highest BCUT2D eigenvalue weighted by Crippen LogP contribution is 2.43. The van der Waals surface area contributed by atoms with Gasteiger partial charge in [0.15, 0.2) is 0 Å². The van der Waals surface area contributed by atoms with Gasteiger partial charge in [-0.2, -0.15) is 0 Å². The first-order valence-corrected chi connectivity index (χ1v) is 23.3. The topological polar surface area (TPSA) is 9.23 Å². The highest BCUT2D eigenvalue weighted by molar-refractivity contribution is 5.34. The molecule has 1 saturated carbocycles. The van der Waals surface area contributed by atoms with Gasteiger partial charge < -0.3 is 4.74 Å². The highest BCUT2D eigenvalue weighted by atomic mass is 16.5. The summed E-state index contributed by atoms with van der Waals surface area (Å²) in [5.41, 5.74) is 7.56. The lowest BCUT2D eigenvalue weighted by Crippen LogP contribution is -2.25. The Balaban J connectivity index is -0.000000300. The van der Waals surface area contributed by atoms with Gasteiger partial charge >= 0.3 is 0 Å². The van der Waals surface area contributed by atoms with Crippen molar-refractivity contribution in [2.75, 3.05) is 6.61 Å². The summed E-state index contributed by atoms with van der Waals surface area (Å²) in [4.78, 5) is 0. The monoisotopic (exact) mass is 777 g/mol. The summed E-state index contributed by atoms with van der Waals surface area (Å²) in [6.45, 7) is 45.6. The Bertz CT molecular complexity index is 1080. The second kappa shape index (κ2) is 36.8. The first-order chi connectivity index (χ1) is 26.5. The Morgan fingerprint density at radius 2 is 0.750 bits per heavy atom. The van der Waals surface area contributed by atoms with Crippen molar-refractivity contribution < 1.29 is 4.74 Å². The molecule has 0 bridgehead atoms. The molecule has 0 aromatic heterocycles. The molecular formula is C55H100O. The van der Waals surface area contributed by atoms with E-state index in [-0.39, 0.29) is 0 Å². The second-order valence-corrected chi connectivity index (χ2v) is 17.9. The van der Waals surface area contributed by atoms with Crippen molar-refractivity contribution in [3.8, 4) is 5.75 Å². The summed E-state index contributed by atoms with van der Waals surface area (Å²) in [6.07, 6.45) is 13.3. The van der Waals surface area contributed by atoms with Crippen LogP contribution in [0.15, 0.2) is 78.9 Å². The average Bonchev–Trinajstić information content (AvgIpc) is 3.21. The van der Waals surface area contributed by atoms with Crippen LogP contribution in [0.25, 0.3) is 0 Å². The van der Waals surface area contributed by atoms with Crippen LogP contribution in [0.2, 0.25) is 0 Å². The van der Waals surface area contributed by atoms with Crippen LogP contribution in [-0.2, 0) is 19.3 Å². The van der Waals surface area contributed by atoms with Crippen LogP contribution in [-0.4, -0.2) is 6.61 Å². The number of benzene rings is 3. The molecule has 3 aliphatic rings. The largest absolute Gasteiger partial charge is 0.493 e. The Morgan fingerprint density at radius 3 is 1.12 bits per heavy atom. The van der Waals surface area contributed by atoms with E-state index in [4.69, 9.17) is 4.74 Å². The molecule has 1 aliphatic heterocycles. The van der Waals surface area contributed by atoms with Crippen LogP contribution in [0.4, 0.5) is 0 Å². The molecule has 0 radical (unpaired) electrons. The molecule has 3 aromatic rings. The first-order valence-electron chi connectivity index (χ1n) is 23.3. The molecule has 56 heavy (non-hydrogen) atoms. The number of hydrogen-bond donors (Lipinski definition) is 0. The SMILES string of the molecule is CC.CC.CC.CC.CC.CC(C)(C)C.CC(C)(C)C.CC(C)(C)C1CCC(c2ccccc2)CC1.c1ccc2c(c1)CCCC2.c1ccc2c(c1)CCCO2. The molecule has 0 spiro atoms. The number of hydrogen-bond acceptors (Lipinski definition) is 1. The van der Waals surface area contributed by atoms with Crippen molar-refractivity contribution in [3.05, 3.63) is 101 Å². The fourth-order valence-corrected chi connectivity index (χ4v) is 5.99. The van der Waals surface area contributed by atoms with E-state index in [9.17, 15) is 0 Å². The number of rotatable bonds is 1. The van der Waals surface area contributed by atoms with E-state index in [0.717, 1.165) is 30.6 Å². The predicted octanol–water partition coefficient (Wildman–Crippen LogP) is 18.8. The van der Waals surface area contributed by atoms with E-state index in [1.165, 1.54) is 63.4 Å². The molecular weight excluding hydrogens is 677 g/mol. The molecule has 0 atom stereocenters. The van der Waals surface area contributed by atoms with E-state index in [1.807, 2.05) is 81.4 Å². The number of fused-ring (bicyclic) bond motifs is 2. The van der Waals surface area contributed by atoms with Crippen molar-refractivity contribution in [3.63, 3.8) is 0 Å². The van der Waals surface area contributed by atoms with Crippen LogP contribution < -0.4 is 4.74 Å². The molecule has 1 heterocycles. The van der Waals surface area contributed by atoms with Gasteiger partial charge in [-0.25, -0.2) is 0 Å².